The van der Waals surface area contributed by atoms with E-state index < -0.39 is 0 Å². The van der Waals surface area contributed by atoms with Gasteiger partial charge < -0.3 is 18.9 Å². The molecule has 5 heteroatoms. The van der Waals surface area contributed by atoms with E-state index in [1.54, 1.807) is 26.0 Å². The number of hydrogen-bond donors (Lipinski definition) is 0. The van der Waals surface area contributed by atoms with Gasteiger partial charge in [-0.1, -0.05) is 23.9 Å². The van der Waals surface area contributed by atoms with Crippen LogP contribution in [0.15, 0.2) is 34.1 Å². The fourth-order valence-corrected chi connectivity index (χ4v) is 4.06. The second-order valence-electron chi connectivity index (χ2n) is 6.02. The zero-order chi connectivity index (χ0) is 18.4. The van der Waals surface area contributed by atoms with Crippen molar-refractivity contribution in [3.63, 3.8) is 0 Å². The molecule has 0 atom stereocenters. The van der Waals surface area contributed by atoms with Gasteiger partial charge in [-0.05, 0) is 62.1 Å². The van der Waals surface area contributed by atoms with Crippen molar-refractivity contribution in [1.82, 2.24) is 0 Å². The van der Waals surface area contributed by atoms with E-state index in [1.807, 2.05) is 13.8 Å². The summed E-state index contributed by atoms with van der Waals surface area (Å²) in [4.78, 5) is 2.09. The fraction of sp³-hybridized carbons (Fsp3) is 0.400. The molecule has 4 nitrogen and oxygen atoms in total. The summed E-state index contributed by atoms with van der Waals surface area (Å²) in [6.07, 6.45) is 0. The number of benzene rings is 2. The summed E-state index contributed by atoms with van der Waals surface area (Å²) in [5.41, 5.74) is 4.55. The zero-order valence-corrected chi connectivity index (χ0v) is 16.6. The Kier molecular flexibility index (Phi) is 7.17. The molecule has 2 aromatic carbocycles. The molecule has 0 aliphatic rings. The molecule has 2 rings (SSSR count). The average molecular weight is 362 g/mol. The molecule has 25 heavy (non-hydrogen) atoms. The molecule has 2 aromatic rings. The van der Waals surface area contributed by atoms with Crippen LogP contribution in [0.4, 0.5) is 0 Å². The van der Waals surface area contributed by atoms with Crippen LogP contribution in [0.2, 0.25) is 0 Å². The zero-order valence-electron chi connectivity index (χ0n) is 15.8. The molecule has 0 heterocycles. The van der Waals surface area contributed by atoms with E-state index in [4.69, 9.17) is 18.9 Å². The van der Waals surface area contributed by atoms with Gasteiger partial charge in [0.25, 0.3) is 0 Å². The lowest BCUT2D eigenvalue weighted by Crippen LogP contribution is -2.03. The maximum absolute atomic E-state index is 5.82. The molecule has 136 valence electrons. The predicted octanol–water partition coefficient (Wildman–Crippen LogP) is 5.04. The third-order valence-corrected chi connectivity index (χ3v) is 4.68. The average Bonchev–Trinajstić information content (AvgIpc) is 2.53. The fourth-order valence-electron chi connectivity index (χ4n) is 2.71. The van der Waals surface area contributed by atoms with Crippen LogP contribution >= 0.6 is 11.8 Å². The lowest BCUT2D eigenvalue weighted by molar-refractivity contribution is 0.0483. The summed E-state index contributed by atoms with van der Waals surface area (Å²) in [7, 11) is 3.24. The molecule has 0 saturated heterocycles. The minimum absolute atomic E-state index is 0.220. The van der Waals surface area contributed by atoms with Crippen molar-refractivity contribution in [2.24, 2.45) is 0 Å². The monoisotopic (exact) mass is 362 g/mol. The van der Waals surface area contributed by atoms with Gasteiger partial charge in [-0.2, -0.15) is 0 Å². The number of ether oxygens (including phenoxy) is 4. The van der Waals surface area contributed by atoms with Crippen molar-refractivity contribution in [3.8, 4) is 11.5 Å². The number of aryl methyl sites for hydroxylation is 4. The molecular weight excluding hydrogens is 336 g/mol. The van der Waals surface area contributed by atoms with E-state index in [2.05, 4.69) is 38.1 Å². The van der Waals surface area contributed by atoms with Crippen molar-refractivity contribution in [3.05, 3.63) is 46.5 Å². The Morgan fingerprint density at radius 2 is 1.08 bits per heavy atom. The van der Waals surface area contributed by atoms with Crippen molar-refractivity contribution in [2.75, 3.05) is 27.8 Å². The van der Waals surface area contributed by atoms with Gasteiger partial charge in [-0.15, -0.1) is 0 Å². The van der Waals surface area contributed by atoms with Crippen LogP contribution in [-0.2, 0) is 9.47 Å². The molecule has 0 unspecified atom stereocenters. The Balaban J connectivity index is 2.45. The van der Waals surface area contributed by atoms with E-state index in [1.165, 1.54) is 11.1 Å². The molecule has 0 aromatic heterocycles. The summed E-state index contributed by atoms with van der Waals surface area (Å²) in [5.74, 6) is 1.68. The Labute approximate surface area is 154 Å². The molecule has 0 radical (unpaired) electrons. The second-order valence-corrected chi connectivity index (χ2v) is 7.11. The van der Waals surface area contributed by atoms with Gasteiger partial charge >= 0.3 is 0 Å². The van der Waals surface area contributed by atoms with Gasteiger partial charge in [0.05, 0.1) is 9.79 Å². The van der Waals surface area contributed by atoms with Gasteiger partial charge in [-0.3, -0.25) is 0 Å². The SMILES string of the molecule is COCOc1c(C)cc(C)cc1Sc1cc(C)cc(C)c1OCOC. The maximum Gasteiger partial charge on any atom is 0.188 e. The van der Waals surface area contributed by atoms with Crippen LogP contribution in [0.3, 0.4) is 0 Å². The lowest BCUT2D eigenvalue weighted by atomic mass is 10.1. The molecule has 0 aliphatic carbocycles. The van der Waals surface area contributed by atoms with Crippen LogP contribution in [0, 0.1) is 27.7 Å². The topological polar surface area (TPSA) is 36.9 Å². The van der Waals surface area contributed by atoms with Crippen molar-refractivity contribution in [2.45, 2.75) is 37.5 Å². The van der Waals surface area contributed by atoms with Crippen molar-refractivity contribution < 1.29 is 18.9 Å². The Morgan fingerprint density at radius 1 is 0.680 bits per heavy atom. The molecule has 0 spiro atoms. The van der Waals surface area contributed by atoms with Crippen molar-refractivity contribution >= 4 is 11.8 Å². The molecule has 0 aliphatic heterocycles. The maximum atomic E-state index is 5.82. The molecule has 0 amide bonds. The van der Waals surface area contributed by atoms with Gasteiger partial charge in [0.2, 0.25) is 0 Å². The predicted molar refractivity (Wildman–Crippen MR) is 101 cm³/mol. The first kappa shape index (κ1) is 19.6. The Hall–Kier alpha value is -1.69. The molecule has 0 N–H and O–H groups in total. The summed E-state index contributed by atoms with van der Waals surface area (Å²) in [6, 6.07) is 8.47. The standard InChI is InChI=1S/C20H26O4S/c1-13-7-15(3)19(23-11-21-5)17(9-13)25-18-10-14(2)8-16(4)20(18)24-12-22-6/h7-10H,11-12H2,1-6H3. The van der Waals surface area contributed by atoms with Gasteiger partial charge in [0.15, 0.2) is 13.6 Å². The Bertz CT molecular complexity index is 667. The highest BCUT2D eigenvalue weighted by Crippen LogP contribution is 2.43. The first-order valence-electron chi connectivity index (χ1n) is 8.10. The van der Waals surface area contributed by atoms with Gasteiger partial charge in [0.1, 0.15) is 11.5 Å². The minimum Gasteiger partial charge on any atom is -0.466 e. The molecular formula is C20H26O4S. The summed E-state index contributed by atoms with van der Waals surface area (Å²) < 4.78 is 21.8. The van der Waals surface area contributed by atoms with E-state index in [-0.39, 0.29) is 13.6 Å². The number of hydrogen-bond acceptors (Lipinski definition) is 5. The second kappa shape index (κ2) is 9.13. The van der Waals surface area contributed by atoms with E-state index in [9.17, 15) is 0 Å². The highest BCUT2D eigenvalue weighted by atomic mass is 32.2. The molecule has 0 saturated carbocycles. The number of rotatable bonds is 8. The quantitative estimate of drug-likeness (QED) is 0.615. The summed E-state index contributed by atoms with van der Waals surface area (Å²) >= 11 is 1.64. The van der Waals surface area contributed by atoms with Crippen LogP contribution < -0.4 is 9.47 Å². The van der Waals surface area contributed by atoms with Crippen molar-refractivity contribution in [1.29, 1.82) is 0 Å². The first-order chi connectivity index (χ1) is 12.0. The van der Waals surface area contributed by atoms with Crippen LogP contribution in [0.25, 0.3) is 0 Å². The number of methoxy groups -OCH3 is 2. The highest BCUT2D eigenvalue weighted by Gasteiger charge is 2.15. The molecule has 0 bridgehead atoms. The third-order valence-electron chi connectivity index (χ3n) is 3.63. The van der Waals surface area contributed by atoms with Crippen LogP contribution in [-0.4, -0.2) is 27.8 Å². The third kappa shape index (κ3) is 5.14. The van der Waals surface area contributed by atoms with E-state index >= 15 is 0 Å². The Morgan fingerprint density at radius 3 is 1.44 bits per heavy atom. The summed E-state index contributed by atoms with van der Waals surface area (Å²) in [6.45, 7) is 8.70. The van der Waals surface area contributed by atoms with Crippen LogP contribution in [0.1, 0.15) is 22.3 Å². The van der Waals surface area contributed by atoms with Gasteiger partial charge in [-0.25, -0.2) is 0 Å². The first-order valence-corrected chi connectivity index (χ1v) is 8.91. The minimum atomic E-state index is 0.220. The highest BCUT2D eigenvalue weighted by molar-refractivity contribution is 7.99. The lowest BCUT2D eigenvalue weighted by Gasteiger charge is -2.18. The largest absolute Gasteiger partial charge is 0.466 e. The normalized spacial score (nSPS) is 10.8. The smallest absolute Gasteiger partial charge is 0.188 e. The van der Waals surface area contributed by atoms with E-state index in [0.717, 1.165) is 32.4 Å². The van der Waals surface area contributed by atoms with Crippen LogP contribution in [0.5, 0.6) is 11.5 Å². The van der Waals surface area contributed by atoms with Gasteiger partial charge in [0, 0.05) is 14.2 Å². The molecule has 0 fully saturated rings. The summed E-state index contributed by atoms with van der Waals surface area (Å²) in [5, 5.41) is 0. The van der Waals surface area contributed by atoms with E-state index in [0.29, 0.717) is 0 Å².